The van der Waals surface area contributed by atoms with Crippen LogP contribution in [-0.4, -0.2) is 33.8 Å². The molecule has 5 heteroatoms. The Hall–Kier alpha value is -1.36. The minimum absolute atomic E-state index is 0.439. The Balaban J connectivity index is 2.83. The molecule has 0 spiro atoms. The molecule has 1 rings (SSSR count). The Labute approximate surface area is 90.0 Å². The van der Waals surface area contributed by atoms with Gasteiger partial charge in [0.15, 0.2) is 0 Å². The lowest BCUT2D eigenvalue weighted by Gasteiger charge is -2.27. The van der Waals surface area contributed by atoms with Crippen molar-refractivity contribution in [3.63, 3.8) is 0 Å². The van der Waals surface area contributed by atoms with Crippen LogP contribution < -0.4 is 10.6 Å². The Morgan fingerprint density at radius 1 is 1.53 bits per heavy atom. The van der Waals surface area contributed by atoms with Gasteiger partial charge in [-0.3, -0.25) is 0 Å². The highest BCUT2D eigenvalue weighted by atomic mass is 16.3. The van der Waals surface area contributed by atoms with Gasteiger partial charge in [-0.25, -0.2) is 4.98 Å². The highest BCUT2D eigenvalue weighted by Gasteiger charge is 2.19. The molecule has 15 heavy (non-hydrogen) atoms. The van der Waals surface area contributed by atoms with Crippen LogP contribution in [0.25, 0.3) is 0 Å². The Morgan fingerprint density at radius 2 is 2.20 bits per heavy atom. The van der Waals surface area contributed by atoms with Crippen LogP contribution in [0.1, 0.15) is 20.8 Å². The number of nitrogens with zero attached hydrogens (tertiary/aromatic N) is 3. The van der Waals surface area contributed by atoms with Gasteiger partial charge in [-0.2, -0.15) is 4.98 Å². The van der Waals surface area contributed by atoms with E-state index in [1.54, 1.807) is 26.1 Å². The molecule has 0 aromatic carbocycles. The molecule has 0 radical (unpaired) electrons. The Morgan fingerprint density at radius 3 is 2.67 bits per heavy atom. The molecule has 0 aliphatic rings. The number of hydrogen-bond acceptors (Lipinski definition) is 5. The fourth-order valence-corrected chi connectivity index (χ4v) is 1.31. The maximum atomic E-state index is 9.72. The summed E-state index contributed by atoms with van der Waals surface area (Å²) in [4.78, 5) is 10.1. The van der Waals surface area contributed by atoms with E-state index in [0.717, 1.165) is 6.54 Å². The van der Waals surface area contributed by atoms with Crippen molar-refractivity contribution in [3.8, 4) is 0 Å². The number of aliphatic hydroxyl groups is 1. The molecule has 1 heterocycles. The fraction of sp³-hybridized carbons (Fsp3) is 0.600. The standard InChI is InChI=1S/C10H18N4O/c1-4-14(7-10(2,3)15)9-12-6-5-8(11)13-9/h5-6,15H,4,7H2,1-3H3,(H2,11,12,13). The van der Waals surface area contributed by atoms with Gasteiger partial charge in [-0.05, 0) is 26.8 Å². The molecule has 1 aromatic heterocycles. The molecule has 0 aliphatic carbocycles. The average molecular weight is 210 g/mol. The summed E-state index contributed by atoms with van der Waals surface area (Å²) in [6.07, 6.45) is 1.62. The molecule has 5 nitrogen and oxygen atoms in total. The van der Waals surface area contributed by atoms with Crippen LogP contribution in [0.5, 0.6) is 0 Å². The largest absolute Gasteiger partial charge is 0.389 e. The van der Waals surface area contributed by atoms with Crippen LogP contribution >= 0.6 is 0 Å². The summed E-state index contributed by atoms with van der Waals surface area (Å²) in [6, 6.07) is 1.64. The first-order valence-corrected chi connectivity index (χ1v) is 4.98. The number of likely N-dealkylation sites (N-methyl/N-ethyl adjacent to an activating group) is 1. The molecule has 1 aromatic rings. The minimum Gasteiger partial charge on any atom is -0.389 e. The van der Waals surface area contributed by atoms with Gasteiger partial charge < -0.3 is 15.7 Å². The van der Waals surface area contributed by atoms with Crippen molar-refractivity contribution in [2.45, 2.75) is 26.4 Å². The minimum atomic E-state index is -0.774. The number of aromatic nitrogens is 2. The van der Waals surface area contributed by atoms with Gasteiger partial charge in [0.2, 0.25) is 5.95 Å². The van der Waals surface area contributed by atoms with Crippen molar-refractivity contribution >= 4 is 11.8 Å². The van der Waals surface area contributed by atoms with Crippen molar-refractivity contribution in [2.24, 2.45) is 0 Å². The van der Waals surface area contributed by atoms with E-state index < -0.39 is 5.60 Å². The monoisotopic (exact) mass is 210 g/mol. The SMILES string of the molecule is CCN(CC(C)(C)O)c1nccc(N)n1. The summed E-state index contributed by atoms with van der Waals surface area (Å²) < 4.78 is 0. The third kappa shape index (κ3) is 3.71. The molecule has 0 aliphatic heterocycles. The molecule has 84 valence electrons. The molecule has 0 amide bonds. The lowest BCUT2D eigenvalue weighted by molar-refractivity contribution is 0.0872. The number of nitrogens with two attached hydrogens (primary N) is 1. The fourth-order valence-electron chi connectivity index (χ4n) is 1.31. The van der Waals surface area contributed by atoms with Crippen molar-refractivity contribution < 1.29 is 5.11 Å². The van der Waals surface area contributed by atoms with Crippen LogP contribution in [0.15, 0.2) is 12.3 Å². The third-order valence-electron chi connectivity index (χ3n) is 1.91. The van der Waals surface area contributed by atoms with Gasteiger partial charge in [-0.1, -0.05) is 0 Å². The number of anilines is 2. The normalized spacial score (nSPS) is 11.5. The molecule has 0 fully saturated rings. The molecular weight excluding hydrogens is 192 g/mol. The van der Waals surface area contributed by atoms with Crippen LogP contribution in [-0.2, 0) is 0 Å². The van der Waals surface area contributed by atoms with Crippen LogP contribution in [0.2, 0.25) is 0 Å². The van der Waals surface area contributed by atoms with Gasteiger partial charge in [0.05, 0.1) is 5.60 Å². The first-order valence-electron chi connectivity index (χ1n) is 4.98. The summed E-state index contributed by atoms with van der Waals surface area (Å²) >= 11 is 0. The molecule has 0 atom stereocenters. The van der Waals surface area contributed by atoms with E-state index in [2.05, 4.69) is 9.97 Å². The summed E-state index contributed by atoms with van der Waals surface area (Å²) in [5.74, 6) is 0.994. The highest BCUT2D eigenvalue weighted by Crippen LogP contribution is 2.12. The summed E-state index contributed by atoms with van der Waals surface area (Å²) in [7, 11) is 0. The zero-order valence-corrected chi connectivity index (χ0v) is 9.44. The molecule has 0 saturated heterocycles. The van der Waals surface area contributed by atoms with Gasteiger partial charge in [0.1, 0.15) is 5.82 Å². The predicted molar refractivity (Wildman–Crippen MR) is 60.6 cm³/mol. The zero-order chi connectivity index (χ0) is 11.5. The average Bonchev–Trinajstić information content (AvgIpc) is 2.13. The molecule has 3 N–H and O–H groups in total. The van der Waals surface area contributed by atoms with Gasteiger partial charge in [-0.15, -0.1) is 0 Å². The topological polar surface area (TPSA) is 75.3 Å². The smallest absolute Gasteiger partial charge is 0.227 e. The van der Waals surface area contributed by atoms with Crippen LogP contribution in [0.4, 0.5) is 11.8 Å². The summed E-state index contributed by atoms with van der Waals surface area (Å²) in [6.45, 7) is 6.70. The molecule has 0 saturated carbocycles. The number of hydrogen-bond donors (Lipinski definition) is 2. The zero-order valence-electron chi connectivity index (χ0n) is 9.44. The van der Waals surface area contributed by atoms with Gasteiger partial charge in [0.25, 0.3) is 0 Å². The van der Waals surface area contributed by atoms with Crippen molar-refractivity contribution in [1.29, 1.82) is 0 Å². The van der Waals surface area contributed by atoms with Crippen molar-refractivity contribution in [3.05, 3.63) is 12.3 Å². The third-order valence-corrected chi connectivity index (χ3v) is 1.91. The summed E-state index contributed by atoms with van der Waals surface area (Å²) in [5, 5.41) is 9.72. The molecule has 0 unspecified atom stereocenters. The first kappa shape index (κ1) is 11.7. The number of nitrogen functional groups attached to an aromatic ring is 1. The number of rotatable bonds is 4. The van der Waals surface area contributed by atoms with E-state index in [9.17, 15) is 5.11 Å². The molecule has 0 bridgehead atoms. The van der Waals surface area contributed by atoms with Crippen LogP contribution in [0.3, 0.4) is 0 Å². The van der Waals surface area contributed by atoms with E-state index in [0.29, 0.717) is 18.3 Å². The quantitative estimate of drug-likeness (QED) is 0.763. The maximum absolute atomic E-state index is 9.72. The van der Waals surface area contributed by atoms with E-state index in [1.165, 1.54) is 0 Å². The van der Waals surface area contributed by atoms with E-state index in [4.69, 9.17) is 5.73 Å². The van der Waals surface area contributed by atoms with Crippen LogP contribution in [0, 0.1) is 0 Å². The lowest BCUT2D eigenvalue weighted by atomic mass is 10.1. The summed E-state index contributed by atoms with van der Waals surface area (Å²) in [5.41, 5.74) is 4.80. The molecular formula is C10H18N4O. The van der Waals surface area contributed by atoms with Crippen molar-refractivity contribution in [2.75, 3.05) is 23.7 Å². The second kappa shape index (κ2) is 4.44. The maximum Gasteiger partial charge on any atom is 0.227 e. The predicted octanol–water partition coefficient (Wildman–Crippen LogP) is 0.656. The Bertz CT molecular complexity index is 321. The van der Waals surface area contributed by atoms with E-state index >= 15 is 0 Å². The first-order chi connectivity index (χ1) is 6.92. The van der Waals surface area contributed by atoms with Gasteiger partial charge in [0, 0.05) is 19.3 Å². The van der Waals surface area contributed by atoms with E-state index in [1.807, 2.05) is 11.8 Å². The second-order valence-electron chi connectivity index (χ2n) is 4.11. The lowest BCUT2D eigenvalue weighted by Crippen LogP contribution is -2.39. The highest BCUT2D eigenvalue weighted by molar-refractivity contribution is 5.37. The second-order valence-corrected chi connectivity index (χ2v) is 4.11. The Kier molecular flexibility index (Phi) is 3.47. The van der Waals surface area contributed by atoms with E-state index in [-0.39, 0.29) is 0 Å². The van der Waals surface area contributed by atoms with Gasteiger partial charge >= 0.3 is 0 Å². The van der Waals surface area contributed by atoms with Crippen molar-refractivity contribution in [1.82, 2.24) is 9.97 Å².